The number of para-hydroxylation sites is 1. The Hall–Kier alpha value is -1.49. The van der Waals surface area contributed by atoms with Gasteiger partial charge in [0.1, 0.15) is 5.75 Å². The van der Waals surface area contributed by atoms with Gasteiger partial charge in [-0.15, -0.1) is 48.5 Å². The largest absolute Gasteiger partial charge is 0.573 e. The Balaban J connectivity index is 0.00000312. The van der Waals surface area contributed by atoms with E-state index in [1.165, 1.54) is 12.1 Å². The third kappa shape index (κ3) is 7.95. The molecule has 0 bridgehead atoms. The van der Waals surface area contributed by atoms with E-state index in [0.717, 1.165) is 4.88 Å². The van der Waals surface area contributed by atoms with Gasteiger partial charge in [0, 0.05) is 17.0 Å². The molecule has 0 aliphatic heterocycles. The zero-order valence-electron chi connectivity index (χ0n) is 13.5. The van der Waals surface area contributed by atoms with Crippen LogP contribution in [0.25, 0.3) is 0 Å². The Kier molecular flexibility index (Phi) is 9.04. The van der Waals surface area contributed by atoms with E-state index in [9.17, 15) is 13.2 Å². The molecule has 4 nitrogen and oxygen atoms in total. The van der Waals surface area contributed by atoms with E-state index < -0.39 is 6.36 Å². The summed E-state index contributed by atoms with van der Waals surface area (Å²) >= 11 is 1.62. The van der Waals surface area contributed by atoms with Gasteiger partial charge in [-0.05, 0) is 24.4 Å². The Morgan fingerprint density at radius 1 is 1.16 bits per heavy atom. The summed E-state index contributed by atoms with van der Waals surface area (Å²) in [4.78, 5) is 5.47. The molecular weight excluding hydrogens is 466 g/mol. The Morgan fingerprint density at radius 3 is 2.56 bits per heavy atom. The van der Waals surface area contributed by atoms with Crippen molar-refractivity contribution >= 4 is 41.3 Å². The quantitative estimate of drug-likeness (QED) is 0.360. The van der Waals surface area contributed by atoms with E-state index in [1.54, 1.807) is 23.5 Å². The first-order valence-corrected chi connectivity index (χ1v) is 8.24. The highest BCUT2D eigenvalue weighted by molar-refractivity contribution is 14.0. The van der Waals surface area contributed by atoms with Crippen LogP contribution >= 0.6 is 35.3 Å². The van der Waals surface area contributed by atoms with E-state index in [4.69, 9.17) is 0 Å². The Bertz CT molecular complexity index is 663. The average molecular weight is 485 g/mol. The fourth-order valence-electron chi connectivity index (χ4n) is 1.95. The molecule has 25 heavy (non-hydrogen) atoms. The predicted molar refractivity (Wildman–Crippen MR) is 105 cm³/mol. The van der Waals surface area contributed by atoms with Gasteiger partial charge in [-0.3, -0.25) is 0 Å². The number of ether oxygens (including phenoxy) is 1. The van der Waals surface area contributed by atoms with Crippen LogP contribution in [0.2, 0.25) is 0 Å². The highest BCUT2D eigenvalue weighted by Gasteiger charge is 2.31. The van der Waals surface area contributed by atoms with Crippen molar-refractivity contribution in [2.45, 2.75) is 26.4 Å². The summed E-state index contributed by atoms with van der Waals surface area (Å²) in [5.74, 6) is 0.301. The molecule has 0 radical (unpaired) electrons. The zero-order chi connectivity index (χ0) is 17.4. The second kappa shape index (κ2) is 10.5. The molecule has 0 saturated heterocycles. The number of hydrogen-bond acceptors (Lipinski definition) is 3. The third-order valence-electron chi connectivity index (χ3n) is 2.96. The molecule has 0 fully saturated rings. The van der Waals surface area contributed by atoms with Crippen molar-refractivity contribution < 1.29 is 17.9 Å². The van der Waals surface area contributed by atoms with Crippen LogP contribution < -0.4 is 15.4 Å². The number of benzene rings is 1. The van der Waals surface area contributed by atoms with Crippen LogP contribution in [0, 0.1) is 0 Å². The summed E-state index contributed by atoms with van der Waals surface area (Å²) in [5.41, 5.74) is 0.364. The summed E-state index contributed by atoms with van der Waals surface area (Å²) < 4.78 is 41.3. The lowest BCUT2D eigenvalue weighted by Gasteiger charge is -2.13. The van der Waals surface area contributed by atoms with Crippen molar-refractivity contribution in [1.82, 2.24) is 10.6 Å². The average Bonchev–Trinajstić information content (AvgIpc) is 3.03. The number of rotatable bonds is 6. The van der Waals surface area contributed by atoms with E-state index in [1.807, 2.05) is 24.4 Å². The summed E-state index contributed by atoms with van der Waals surface area (Å²) in [6, 6.07) is 9.94. The van der Waals surface area contributed by atoms with Gasteiger partial charge in [-0.2, -0.15) is 0 Å². The second-order valence-corrected chi connectivity index (χ2v) is 5.82. The van der Waals surface area contributed by atoms with Crippen molar-refractivity contribution in [2.24, 2.45) is 4.99 Å². The molecule has 1 aromatic carbocycles. The first-order valence-electron chi connectivity index (χ1n) is 7.36. The maximum atomic E-state index is 12.4. The van der Waals surface area contributed by atoms with Gasteiger partial charge in [0.05, 0.1) is 13.1 Å². The molecule has 0 saturated carbocycles. The topological polar surface area (TPSA) is 45.7 Å². The van der Waals surface area contributed by atoms with E-state index >= 15 is 0 Å². The summed E-state index contributed by atoms with van der Waals surface area (Å²) in [6.07, 6.45) is -4.72. The number of nitrogens with one attached hydrogen (secondary N) is 2. The van der Waals surface area contributed by atoms with Crippen molar-refractivity contribution in [3.63, 3.8) is 0 Å². The number of nitrogens with zero attached hydrogens (tertiary/aromatic N) is 1. The highest BCUT2D eigenvalue weighted by Crippen LogP contribution is 2.26. The first-order chi connectivity index (χ1) is 11.5. The predicted octanol–water partition coefficient (Wildman–Crippen LogP) is 4.52. The number of aliphatic imine (C=N–C) groups is 1. The minimum atomic E-state index is -4.72. The molecule has 0 unspecified atom stereocenters. The van der Waals surface area contributed by atoms with Crippen LogP contribution in [-0.4, -0.2) is 18.9 Å². The van der Waals surface area contributed by atoms with Crippen molar-refractivity contribution in [3.05, 3.63) is 52.2 Å². The van der Waals surface area contributed by atoms with Crippen molar-refractivity contribution in [3.8, 4) is 5.75 Å². The van der Waals surface area contributed by atoms with Gasteiger partial charge in [0.15, 0.2) is 5.96 Å². The molecule has 2 N–H and O–H groups in total. The standard InChI is InChI=1S/C16H18F3N3OS.HI/c1-2-20-15(22-11-13-7-5-9-24-13)21-10-12-6-3-4-8-14(12)23-16(17,18)19;/h3-9H,2,10-11H2,1H3,(H2,20,21,22);1H. The Morgan fingerprint density at radius 2 is 1.92 bits per heavy atom. The second-order valence-electron chi connectivity index (χ2n) is 4.78. The molecule has 0 aliphatic carbocycles. The van der Waals surface area contributed by atoms with Crippen LogP contribution in [0.5, 0.6) is 5.75 Å². The number of thiophene rings is 1. The molecule has 0 aliphatic rings. The fourth-order valence-corrected chi connectivity index (χ4v) is 2.59. The van der Waals surface area contributed by atoms with Crippen LogP contribution in [-0.2, 0) is 13.1 Å². The molecule has 0 amide bonds. The third-order valence-corrected chi connectivity index (χ3v) is 3.84. The zero-order valence-corrected chi connectivity index (χ0v) is 16.6. The number of alkyl halides is 3. The van der Waals surface area contributed by atoms with E-state index in [-0.39, 0.29) is 36.3 Å². The number of hydrogen-bond donors (Lipinski definition) is 2. The Labute approximate surface area is 165 Å². The first kappa shape index (κ1) is 21.6. The molecule has 1 aromatic heterocycles. The fraction of sp³-hybridized carbons (Fsp3) is 0.312. The van der Waals surface area contributed by atoms with Gasteiger partial charge in [0.25, 0.3) is 0 Å². The minimum absolute atomic E-state index is 0. The SMILES string of the molecule is CCNC(=NCc1ccccc1OC(F)(F)F)NCc1cccs1.I. The number of halogens is 4. The van der Waals surface area contributed by atoms with Crippen molar-refractivity contribution in [2.75, 3.05) is 6.54 Å². The molecular formula is C16H19F3IN3OS. The normalized spacial score (nSPS) is 11.6. The van der Waals surface area contributed by atoms with E-state index in [0.29, 0.717) is 24.6 Å². The van der Waals surface area contributed by atoms with Crippen LogP contribution in [0.1, 0.15) is 17.4 Å². The van der Waals surface area contributed by atoms with Crippen molar-refractivity contribution in [1.29, 1.82) is 0 Å². The van der Waals surface area contributed by atoms with Crippen LogP contribution in [0.4, 0.5) is 13.2 Å². The van der Waals surface area contributed by atoms with Gasteiger partial charge in [0.2, 0.25) is 0 Å². The maximum absolute atomic E-state index is 12.4. The van der Waals surface area contributed by atoms with E-state index in [2.05, 4.69) is 20.4 Å². The lowest BCUT2D eigenvalue weighted by Crippen LogP contribution is -2.36. The summed E-state index contributed by atoms with van der Waals surface area (Å²) in [7, 11) is 0. The molecule has 2 rings (SSSR count). The van der Waals surface area contributed by atoms with Crippen LogP contribution in [0.15, 0.2) is 46.8 Å². The van der Waals surface area contributed by atoms with Gasteiger partial charge < -0.3 is 15.4 Å². The number of guanidine groups is 1. The van der Waals surface area contributed by atoms with Crippen LogP contribution in [0.3, 0.4) is 0 Å². The molecule has 2 aromatic rings. The molecule has 138 valence electrons. The summed E-state index contributed by atoms with van der Waals surface area (Å²) in [5, 5.41) is 8.19. The highest BCUT2D eigenvalue weighted by atomic mass is 127. The lowest BCUT2D eigenvalue weighted by atomic mass is 10.2. The smallest absolute Gasteiger partial charge is 0.405 e. The molecule has 0 atom stereocenters. The van der Waals surface area contributed by atoms with Gasteiger partial charge >= 0.3 is 6.36 Å². The molecule has 1 heterocycles. The monoisotopic (exact) mass is 485 g/mol. The maximum Gasteiger partial charge on any atom is 0.573 e. The summed E-state index contributed by atoms with van der Waals surface area (Å²) in [6.45, 7) is 3.25. The molecule has 0 spiro atoms. The lowest BCUT2D eigenvalue weighted by molar-refractivity contribution is -0.274. The van der Waals surface area contributed by atoms with Gasteiger partial charge in [-0.25, -0.2) is 4.99 Å². The minimum Gasteiger partial charge on any atom is -0.405 e. The molecule has 9 heteroatoms. The van der Waals surface area contributed by atoms with Gasteiger partial charge in [-0.1, -0.05) is 24.3 Å².